The Morgan fingerprint density at radius 2 is 2.00 bits per heavy atom. The third-order valence-electron chi connectivity index (χ3n) is 3.50. The number of para-hydroxylation sites is 1. The van der Waals surface area contributed by atoms with Crippen LogP contribution in [0.25, 0.3) is 5.69 Å². The van der Waals surface area contributed by atoms with Gasteiger partial charge in [0.15, 0.2) is 0 Å². The monoisotopic (exact) mass is 351 g/mol. The van der Waals surface area contributed by atoms with Crippen LogP contribution in [0.1, 0.15) is 17.7 Å². The number of anilines is 1. The largest absolute Gasteiger partial charge is 0.385 e. The lowest BCUT2D eigenvalue weighted by Gasteiger charge is -2.21. The summed E-state index contributed by atoms with van der Waals surface area (Å²) in [5, 5.41) is 5.52. The number of hydrogen-bond acceptors (Lipinski definition) is 3. The zero-order valence-corrected chi connectivity index (χ0v) is 14.4. The number of aryl methyl sites for hydroxylation is 1. The molecule has 0 saturated carbocycles. The molecule has 2 aromatic rings. The molecule has 5 heteroatoms. The fourth-order valence-electron chi connectivity index (χ4n) is 2.40. The normalized spacial score (nSPS) is 10.9. The Labute approximate surface area is 134 Å². The summed E-state index contributed by atoms with van der Waals surface area (Å²) >= 11 is 3.59. The summed E-state index contributed by atoms with van der Waals surface area (Å²) in [6.45, 7) is 3.76. The van der Waals surface area contributed by atoms with E-state index in [0.29, 0.717) is 0 Å². The molecule has 0 N–H and O–H groups in total. The Bertz CT molecular complexity index is 568. The van der Waals surface area contributed by atoms with Gasteiger partial charge in [-0.2, -0.15) is 5.10 Å². The lowest BCUT2D eigenvalue weighted by atomic mass is 10.2. The van der Waals surface area contributed by atoms with Gasteiger partial charge in [0.2, 0.25) is 0 Å². The summed E-state index contributed by atoms with van der Waals surface area (Å²) in [5.41, 5.74) is 3.38. The molecule has 0 aliphatic carbocycles. The Morgan fingerprint density at radius 3 is 2.62 bits per heavy atom. The molecule has 2 rings (SSSR count). The number of benzene rings is 1. The molecule has 1 aromatic heterocycles. The maximum atomic E-state index is 5.15. The van der Waals surface area contributed by atoms with Gasteiger partial charge < -0.3 is 9.64 Å². The Balaban J connectivity index is 2.37. The maximum absolute atomic E-state index is 5.15. The number of hydrogen-bond donors (Lipinski definition) is 0. The number of halogens is 1. The third kappa shape index (κ3) is 3.66. The van der Waals surface area contributed by atoms with Crippen LogP contribution in [0.3, 0.4) is 0 Å². The standard InChI is InChI=1S/C16H22BrN3O/c1-13-15(12-17)16(19(2)10-7-11-21-3)20(18-13)14-8-5-4-6-9-14/h4-6,8-9H,7,10-12H2,1-3H3. The summed E-state index contributed by atoms with van der Waals surface area (Å²) < 4.78 is 7.17. The average Bonchev–Trinajstić information content (AvgIpc) is 2.85. The molecule has 4 nitrogen and oxygen atoms in total. The van der Waals surface area contributed by atoms with Crippen molar-refractivity contribution in [2.75, 3.05) is 32.2 Å². The highest BCUT2D eigenvalue weighted by atomic mass is 79.9. The van der Waals surface area contributed by atoms with Gasteiger partial charge in [-0.05, 0) is 25.5 Å². The number of aromatic nitrogens is 2. The molecule has 0 fully saturated rings. The van der Waals surface area contributed by atoms with Gasteiger partial charge in [0.25, 0.3) is 0 Å². The van der Waals surface area contributed by atoms with Crippen molar-refractivity contribution in [3.63, 3.8) is 0 Å². The van der Waals surface area contributed by atoms with Crippen molar-refractivity contribution >= 4 is 21.7 Å². The summed E-state index contributed by atoms with van der Waals surface area (Å²) in [6.07, 6.45) is 0.994. The first-order valence-electron chi connectivity index (χ1n) is 7.09. The summed E-state index contributed by atoms with van der Waals surface area (Å²) in [5.74, 6) is 1.15. The minimum absolute atomic E-state index is 0.770. The molecule has 0 bridgehead atoms. The van der Waals surface area contributed by atoms with Gasteiger partial charge in [0.05, 0.1) is 11.4 Å². The molecule has 0 aliphatic rings. The smallest absolute Gasteiger partial charge is 0.136 e. The number of nitrogens with zero attached hydrogens (tertiary/aromatic N) is 3. The Kier molecular flexibility index (Phi) is 5.82. The molecular weight excluding hydrogens is 330 g/mol. The summed E-state index contributed by atoms with van der Waals surface area (Å²) in [6, 6.07) is 10.3. The Morgan fingerprint density at radius 1 is 1.29 bits per heavy atom. The zero-order valence-electron chi connectivity index (χ0n) is 12.8. The van der Waals surface area contributed by atoms with E-state index in [2.05, 4.69) is 46.9 Å². The molecule has 0 spiro atoms. The number of alkyl halides is 1. The van der Waals surface area contributed by atoms with Gasteiger partial charge in [-0.3, -0.25) is 0 Å². The highest BCUT2D eigenvalue weighted by Gasteiger charge is 2.18. The highest BCUT2D eigenvalue weighted by Crippen LogP contribution is 2.28. The van der Waals surface area contributed by atoms with E-state index in [1.54, 1.807) is 7.11 Å². The van der Waals surface area contributed by atoms with Gasteiger partial charge in [0.1, 0.15) is 5.82 Å². The van der Waals surface area contributed by atoms with Crippen molar-refractivity contribution in [3.05, 3.63) is 41.6 Å². The predicted molar refractivity (Wildman–Crippen MR) is 90.7 cm³/mol. The van der Waals surface area contributed by atoms with E-state index >= 15 is 0 Å². The van der Waals surface area contributed by atoms with Gasteiger partial charge >= 0.3 is 0 Å². The van der Waals surface area contributed by atoms with Crippen LogP contribution in [0.4, 0.5) is 5.82 Å². The predicted octanol–water partition coefficient (Wildman–Crippen LogP) is 3.55. The first kappa shape index (κ1) is 16.0. The molecule has 1 aromatic carbocycles. The van der Waals surface area contributed by atoms with E-state index < -0.39 is 0 Å². The van der Waals surface area contributed by atoms with Crippen LogP contribution in [0, 0.1) is 6.92 Å². The first-order valence-corrected chi connectivity index (χ1v) is 8.21. The molecule has 0 unspecified atom stereocenters. The number of rotatable bonds is 7. The molecule has 0 aliphatic heterocycles. The van der Waals surface area contributed by atoms with Crippen molar-refractivity contribution in [2.24, 2.45) is 0 Å². The first-order chi connectivity index (χ1) is 10.2. The van der Waals surface area contributed by atoms with Crippen LogP contribution in [-0.2, 0) is 10.1 Å². The highest BCUT2D eigenvalue weighted by molar-refractivity contribution is 9.08. The molecule has 0 radical (unpaired) electrons. The van der Waals surface area contributed by atoms with Crippen molar-refractivity contribution in [3.8, 4) is 5.69 Å². The second kappa shape index (κ2) is 7.61. The van der Waals surface area contributed by atoms with Crippen molar-refractivity contribution in [1.82, 2.24) is 9.78 Å². The molecule has 0 atom stereocenters. The van der Waals surface area contributed by atoms with Crippen LogP contribution >= 0.6 is 15.9 Å². The fourth-order valence-corrected chi connectivity index (χ4v) is 3.05. The minimum Gasteiger partial charge on any atom is -0.385 e. The molecular formula is C16H22BrN3O. The SMILES string of the molecule is COCCCN(C)c1c(CBr)c(C)nn1-c1ccccc1. The van der Waals surface area contributed by atoms with Crippen LogP contribution < -0.4 is 4.90 Å². The molecule has 114 valence electrons. The van der Waals surface area contributed by atoms with Gasteiger partial charge in [-0.1, -0.05) is 34.1 Å². The summed E-state index contributed by atoms with van der Waals surface area (Å²) in [4.78, 5) is 2.25. The van der Waals surface area contributed by atoms with E-state index in [4.69, 9.17) is 9.84 Å². The minimum atomic E-state index is 0.770. The molecule has 0 saturated heterocycles. The number of methoxy groups -OCH3 is 1. The second-order valence-electron chi connectivity index (χ2n) is 5.04. The lowest BCUT2D eigenvalue weighted by molar-refractivity contribution is 0.196. The van der Waals surface area contributed by atoms with Crippen LogP contribution in [0.5, 0.6) is 0 Å². The Hall–Kier alpha value is -1.33. The van der Waals surface area contributed by atoms with E-state index in [1.165, 1.54) is 5.56 Å². The van der Waals surface area contributed by atoms with E-state index in [9.17, 15) is 0 Å². The quantitative estimate of drug-likeness (QED) is 0.564. The average molecular weight is 352 g/mol. The van der Waals surface area contributed by atoms with Crippen molar-refractivity contribution < 1.29 is 4.74 Å². The van der Waals surface area contributed by atoms with Crippen LogP contribution in [-0.4, -0.2) is 37.1 Å². The van der Waals surface area contributed by atoms with E-state index in [-0.39, 0.29) is 0 Å². The summed E-state index contributed by atoms with van der Waals surface area (Å²) in [7, 11) is 3.85. The van der Waals surface area contributed by atoms with Gasteiger partial charge in [0, 0.05) is 38.2 Å². The third-order valence-corrected chi connectivity index (χ3v) is 4.06. The molecule has 1 heterocycles. The van der Waals surface area contributed by atoms with Crippen LogP contribution in [0.15, 0.2) is 30.3 Å². The van der Waals surface area contributed by atoms with E-state index in [0.717, 1.165) is 42.1 Å². The molecule has 0 amide bonds. The topological polar surface area (TPSA) is 30.3 Å². The van der Waals surface area contributed by atoms with Crippen LogP contribution in [0.2, 0.25) is 0 Å². The van der Waals surface area contributed by atoms with Gasteiger partial charge in [-0.25, -0.2) is 4.68 Å². The van der Waals surface area contributed by atoms with Crippen molar-refractivity contribution in [1.29, 1.82) is 0 Å². The second-order valence-corrected chi connectivity index (χ2v) is 5.60. The fraction of sp³-hybridized carbons (Fsp3) is 0.438. The molecule has 21 heavy (non-hydrogen) atoms. The van der Waals surface area contributed by atoms with Gasteiger partial charge in [-0.15, -0.1) is 0 Å². The maximum Gasteiger partial charge on any atom is 0.136 e. The zero-order chi connectivity index (χ0) is 15.2. The number of ether oxygens (including phenoxy) is 1. The van der Waals surface area contributed by atoms with E-state index in [1.807, 2.05) is 22.9 Å². The lowest BCUT2D eigenvalue weighted by Crippen LogP contribution is -2.23. The van der Waals surface area contributed by atoms with Crippen molar-refractivity contribution in [2.45, 2.75) is 18.7 Å².